The molecular formula is C23H21N3O4. The lowest BCUT2D eigenvalue weighted by atomic mass is 10.1. The monoisotopic (exact) mass is 403 g/mol. The molecule has 2 aromatic carbocycles. The van der Waals surface area contributed by atoms with Crippen molar-refractivity contribution in [2.45, 2.75) is 6.92 Å². The van der Waals surface area contributed by atoms with Crippen molar-refractivity contribution in [3.8, 4) is 16.9 Å². The van der Waals surface area contributed by atoms with Gasteiger partial charge in [-0.25, -0.2) is 9.59 Å². The lowest BCUT2D eigenvalue weighted by molar-refractivity contribution is 0.0526. The van der Waals surface area contributed by atoms with Gasteiger partial charge in [-0.15, -0.1) is 0 Å². The zero-order valence-corrected chi connectivity index (χ0v) is 17.0. The van der Waals surface area contributed by atoms with Gasteiger partial charge in [0.15, 0.2) is 0 Å². The molecule has 0 spiro atoms. The molecule has 0 atom stereocenters. The molecule has 0 unspecified atom stereocenters. The fourth-order valence-corrected chi connectivity index (χ4v) is 3.60. The standard InChI is InChI=1S/C23H21N3O4/c1-4-30-22(28)16-10-12-17(13-11-16)26-14-18-19(20(26)15-8-6-5-7-9-15)21(27)25(3)23(29)24(18)2/h5-14H,4H2,1-3H3. The van der Waals surface area contributed by atoms with Crippen LogP contribution in [0.2, 0.25) is 0 Å². The number of nitrogens with zero attached hydrogens (tertiary/aromatic N) is 3. The highest BCUT2D eigenvalue weighted by atomic mass is 16.5. The lowest BCUT2D eigenvalue weighted by Crippen LogP contribution is -2.36. The second-order valence-electron chi connectivity index (χ2n) is 6.95. The Morgan fingerprint density at radius 1 is 0.933 bits per heavy atom. The Hall–Kier alpha value is -3.87. The van der Waals surface area contributed by atoms with E-state index in [4.69, 9.17) is 4.74 Å². The number of esters is 1. The summed E-state index contributed by atoms with van der Waals surface area (Å²) in [4.78, 5) is 37.4. The number of carbonyl (C=O) groups is 1. The number of benzene rings is 2. The summed E-state index contributed by atoms with van der Waals surface area (Å²) in [5.74, 6) is -0.388. The first-order chi connectivity index (χ1) is 14.4. The molecule has 0 radical (unpaired) electrons. The van der Waals surface area contributed by atoms with Crippen LogP contribution in [0.4, 0.5) is 0 Å². The van der Waals surface area contributed by atoms with Crippen LogP contribution in [0.25, 0.3) is 27.8 Å². The number of carbonyl (C=O) groups excluding carboxylic acids is 1. The van der Waals surface area contributed by atoms with Crippen LogP contribution in [-0.4, -0.2) is 26.3 Å². The zero-order chi connectivity index (χ0) is 21.4. The molecule has 7 heteroatoms. The normalized spacial score (nSPS) is 11.0. The van der Waals surface area contributed by atoms with E-state index in [1.807, 2.05) is 34.9 Å². The van der Waals surface area contributed by atoms with Crippen molar-refractivity contribution in [1.29, 1.82) is 0 Å². The van der Waals surface area contributed by atoms with Crippen LogP contribution in [0, 0.1) is 0 Å². The predicted octanol–water partition coefficient (Wildman–Crippen LogP) is 2.87. The van der Waals surface area contributed by atoms with E-state index in [0.29, 0.717) is 28.8 Å². The Kier molecular flexibility index (Phi) is 4.87. The minimum absolute atomic E-state index is 0.305. The van der Waals surface area contributed by atoms with Crippen molar-refractivity contribution >= 4 is 16.9 Å². The van der Waals surface area contributed by atoms with E-state index in [1.54, 1.807) is 44.4 Å². The highest BCUT2D eigenvalue weighted by Crippen LogP contribution is 2.30. The van der Waals surface area contributed by atoms with E-state index in [1.165, 1.54) is 11.6 Å². The van der Waals surface area contributed by atoms with Crippen LogP contribution in [-0.2, 0) is 18.8 Å². The number of rotatable bonds is 4. The van der Waals surface area contributed by atoms with E-state index in [2.05, 4.69) is 0 Å². The molecule has 0 saturated heterocycles. The number of aromatic nitrogens is 3. The van der Waals surface area contributed by atoms with Crippen LogP contribution < -0.4 is 11.2 Å². The molecule has 0 saturated carbocycles. The largest absolute Gasteiger partial charge is 0.462 e. The Labute approximate surface area is 172 Å². The van der Waals surface area contributed by atoms with Gasteiger partial charge in [-0.05, 0) is 36.8 Å². The van der Waals surface area contributed by atoms with Gasteiger partial charge in [-0.1, -0.05) is 30.3 Å². The summed E-state index contributed by atoms with van der Waals surface area (Å²) in [7, 11) is 3.12. The zero-order valence-electron chi connectivity index (χ0n) is 17.0. The van der Waals surface area contributed by atoms with Crippen LogP contribution in [0.3, 0.4) is 0 Å². The van der Waals surface area contributed by atoms with Crippen molar-refractivity contribution in [2.75, 3.05) is 6.61 Å². The summed E-state index contributed by atoms with van der Waals surface area (Å²) in [5.41, 5.74) is 2.53. The topological polar surface area (TPSA) is 75.2 Å². The molecular weight excluding hydrogens is 382 g/mol. The van der Waals surface area contributed by atoms with E-state index in [0.717, 1.165) is 15.8 Å². The maximum atomic E-state index is 13.0. The molecule has 2 heterocycles. The molecule has 0 fully saturated rings. The summed E-state index contributed by atoms with van der Waals surface area (Å²) in [6, 6.07) is 16.5. The van der Waals surface area contributed by atoms with Crippen LogP contribution in [0.5, 0.6) is 0 Å². The Morgan fingerprint density at radius 3 is 2.23 bits per heavy atom. The third kappa shape index (κ3) is 3.04. The van der Waals surface area contributed by atoms with Gasteiger partial charge in [0.25, 0.3) is 5.56 Å². The highest BCUT2D eigenvalue weighted by molar-refractivity contribution is 5.95. The van der Waals surface area contributed by atoms with Crippen LogP contribution in [0.15, 0.2) is 70.4 Å². The third-order valence-electron chi connectivity index (χ3n) is 5.14. The first-order valence-electron chi connectivity index (χ1n) is 9.58. The number of hydrogen-bond donors (Lipinski definition) is 0. The third-order valence-corrected chi connectivity index (χ3v) is 5.14. The second kappa shape index (κ2) is 7.51. The van der Waals surface area contributed by atoms with Crippen molar-refractivity contribution in [3.63, 3.8) is 0 Å². The molecule has 0 N–H and O–H groups in total. The van der Waals surface area contributed by atoms with E-state index >= 15 is 0 Å². The quantitative estimate of drug-likeness (QED) is 0.491. The molecule has 0 aliphatic heterocycles. The maximum Gasteiger partial charge on any atom is 0.338 e. The summed E-state index contributed by atoms with van der Waals surface area (Å²) in [6.07, 6.45) is 1.78. The molecule has 7 nitrogen and oxygen atoms in total. The average Bonchev–Trinajstić information content (AvgIpc) is 3.18. The van der Waals surface area contributed by atoms with Gasteiger partial charge in [-0.2, -0.15) is 0 Å². The van der Waals surface area contributed by atoms with Gasteiger partial charge >= 0.3 is 11.7 Å². The van der Waals surface area contributed by atoms with E-state index < -0.39 is 0 Å². The van der Waals surface area contributed by atoms with Crippen molar-refractivity contribution in [2.24, 2.45) is 14.1 Å². The van der Waals surface area contributed by atoms with Gasteiger partial charge in [0.05, 0.1) is 28.8 Å². The fraction of sp³-hybridized carbons (Fsp3) is 0.174. The van der Waals surface area contributed by atoms with Crippen LogP contribution in [0.1, 0.15) is 17.3 Å². The van der Waals surface area contributed by atoms with Gasteiger partial charge in [0.2, 0.25) is 0 Å². The number of aryl methyl sites for hydroxylation is 1. The van der Waals surface area contributed by atoms with Gasteiger partial charge < -0.3 is 9.30 Å². The summed E-state index contributed by atoms with van der Waals surface area (Å²) in [6.45, 7) is 2.06. The minimum Gasteiger partial charge on any atom is -0.462 e. The van der Waals surface area contributed by atoms with Crippen LogP contribution >= 0.6 is 0 Å². The first-order valence-corrected chi connectivity index (χ1v) is 9.58. The Balaban J connectivity index is 2.02. The molecule has 0 aliphatic rings. The summed E-state index contributed by atoms with van der Waals surface area (Å²) < 4.78 is 9.49. The van der Waals surface area contributed by atoms with Gasteiger partial charge in [-0.3, -0.25) is 13.9 Å². The number of fused-ring (bicyclic) bond motifs is 1. The van der Waals surface area contributed by atoms with E-state index in [-0.39, 0.29) is 17.2 Å². The van der Waals surface area contributed by atoms with Gasteiger partial charge in [0, 0.05) is 26.0 Å². The predicted molar refractivity (Wildman–Crippen MR) is 115 cm³/mol. The van der Waals surface area contributed by atoms with Gasteiger partial charge in [0.1, 0.15) is 0 Å². The second-order valence-corrected chi connectivity index (χ2v) is 6.95. The minimum atomic E-state index is -0.388. The Bertz CT molecular complexity index is 1360. The Morgan fingerprint density at radius 2 is 1.60 bits per heavy atom. The molecule has 0 aliphatic carbocycles. The van der Waals surface area contributed by atoms with E-state index in [9.17, 15) is 14.4 Å². The average molecular weight is 403 g/mol. The maximum absolute atomic E-state index is 13.0. The molecule has 30 heavy (non-hydrogen) atoms. The SMILES string of the molecule is CCOC(=O)c1ccc(-n2cc3c(c2-c2ccccc2)c(=O)n(C)c(=O)n3C)cc1. The van der Waals surface area contributed by atoms with Crippen molar-refractivity contribution < 1.29 is 9.53 Å². The summed E-state index contributed by atoms with van der Waals surface area (Å²) >= 11 is 0. The van der Waals surface area contributed by atoms with Crippen molar-refractivity contribution in [3.05, 3.63) is 87.2 Å². The summed E-state index contributed by atoms with van der Waals surface area (Å²) in [5, 5.41) is 0.459. The molecule has 0 bridgehead atoms. The number of hydrogen-bond acceptors (Lipinski definition) is 4. The smallest absolute Gasteiger partial charge is 0.338 e. The fourth-order valence-electron chi connectivity index (χ4n) is 3.60. The van der Waals surface area contributed by atoms with Crippen molar-refractivity contribution in [1.82, 2.24) is 13.7 Å². The first kappa shape index (κ1) is 19.4. The lowest BCUT2D eigenvalue weighted by Gasteiger charge is -2.11. The molecule has 4 rings (SSSR count). The number of ether oxygens (including phenoxy) is 1. The molecule has 0 amide bonds. The molecule has 4 aromatic rings. The molecule has 152 valence electrons. The highest BCUT2D eigenvalue weighted by Gasteiger charge is 2.20. The molecule has 2 aromatic heterocycles.